The van der Waals surface area contributed by atoms with Crippen LogP contribution < -0.4 is 10.6 Å². The molecule has 3 amide bonds. The number of hydrogen-bond acceptors (Lipinski definition) is 3. The second-order valence-corrected chi connectivity index (χ2v) is 8.47. The van der Waals surface area contributed by atoms with E-state index in [9.17, 15) is 14.4 Å². The van der Waals surface area contributed by atoms with Crippen molar-refractivity contribution in [2.45, 2.75) is 83.3 Å². The van der Waals surface area contributed by atoms with Crippen LogP contribution in [0.5, 0.6) is 0 Å². The van der Waals surface area contributed by atoms with Gasteiger partial charge in [-0.05, 0) is 58.8 Å². The highest BCUT2D eigenvalue weighted by Crippen LogP contribution is 2.43. The lowest BCUT2D eigenvalue weighted by Crippen LogP contribution is -2.69. The summed E-state index contributed by atoms with van der Waals surface area (Å²) in [6, 6.07) is -0.187. The fourth-order valence-electron chi connectivity index (χ4n) is 3.77. The molecule has 0 spiro atoms. The quantitative estimate of drug-likeness (QED) is 0.535. The van der Waals surface area contributed by atoms with Crippen molar-refractivity contribution < 1.29 is 19.5 Å². The standard InChI is InChI=1S/C20H35N3O4/c1-7-9-11-20(17(25)22-19(3,4)5,23(6)16(24)10-8-2)14-12-15(13-14)21-18(26)27/h7,14-15,21H,1,8-13H2,2-6H3,(H,22,25)(H,26,27). The van der Waals surface area contributed by atoms with Crippen LogP contribution in [0.25, 0.3) is 0 Å². The molecule has 7 heteroatoms. The normalized spacial score (nSPS) is 21.4. The fourth-order valence-corrected chi connectivity index (χ4v) is 3.77. The Labute approximate surface area is 162 Å². The first kappa shape index (κ1) is 23.0. The van der Waals surface area contributed by atoms with Crippen molar-refractivity contribution in [1.82, 2.24) is 15.5 Å². The molecule has 0 radical (unpaired) electrons. The van der Waals surface area contributed by atoms with Gasteiger partial charge in [0.25, 0.3) is 0 Å². The number of nitrogens with zero attached hydrogens (tertiary/aromatic N) is 1. The van der Waals surface area contributed by atoms with Gasteiger partial charge in [0.1, 0.15) is 5.54 Å². The van der Waals surface area contributed by atoms with E-state index in [1.54, 1.807) is 18.0 Å². The second-order valence-electron chi connectivity index (χ2n) is 8.47. The molecule has 1 fully saturated rings. The van der Waals surface area contributed by atoms with E-state index in [1.807, 2.05) is 27.7 Å². The number of carbonyl (C=O) groups excluding carboxylic acids is 2. The van der Waals surface area contributed by atoms with Crippen LogP contribution in [0.4, 0.5) is 4.79 Å². The first-order chi connectivity index (χ1) is 12.5. The lowest BCUT2D eigenvalue weighted by Gasteiger charge is -2.52. The van der Waals surface area contributed by atoms with E-state index in [-0.39, 0.29) is 23.8 Å². The maximum Gasteiger partial charge on any atom is 0.404 e. The zero-order valence-corrected chi connectivity index (χ0v) is 17.3. The Morgan fingerprint density at radius 3 is 2.30 bits per heavy atom. The van der Waals surface area contributed by atoms with Gasteiger partial charge in [-0.1, -0.05) is 13.0 Å². The third-order valence-electron chi connectivity index (χ3n) is 5.19. The number of nitrogens with one attached hydrogen (secondary N) is 2. The molecular weight excluding hydrogens is 346 g/mol. The van der Waals surface area contributed by atoms with Crippen molar-refractivity contribution in [2.24, 2.45) is 5.92 Å². The van der Waals surface area contributed by atoms with Crippen molar-refractivity contribution in [3.63, 3.8) is 0 Å². The molecule has 0 aliphatic heterocycles. The Morgan fingerprint density at radius 2 is 1.85 bits per heavy atom. The third kappa shape index (κ3) is 5.71. The molecule has 1 aliphatic carbocycles. The van der Waals surface area contributed by atoms with Crippen molar-refractivity contribution >= 4 is 17.9 Å². The number of likely N-dealkylation sites (N-methyl/N-ethyl adjacent to an activating group) is 1. The molecule has 1 saturated carbocycles. The molecule has 1 aliphatic rings. The summed E-state index contributed by atoms with van der Waals surface area (Å²) in [6.45, 7) is 11.4. The fraction of sp³-hybridized carbons (Fsp3) is 0.750. The van der Waals surface area contributed by atoms with Crippen LogP contribution in [0.15, 0.2) is 12.7 Å². The van der Waals surface area contributed by atoms with Crippen LogP contribution in [0.3, 0.4) is 0 Å². The Morgan fingerprint density at radius 1 is 1.26 bits per heavy atom. The summed E-state index contributed by atoms with van der Waals surface area (Å²) in [7, 11) is 1.70. The first-order valence-electron chi connectivity index (χ1n) is 9.67. The predicted octanol–water partition coefficient (Wildman–Crippen LogP) is 2.91. The van der Waals surface area contributed by atoms with Gasteiger partial charge in [0.2, 0.25) is 11.8 Å². The number of rotatable bonds is 9. The molecule has 1 atom stereocenters. The Balaban J connectivity index is 3.23. The van der Waals surface area contributed by atoms with Crippen molar-refractivity contribution in [3.05, 3.63) is 12.7 Å². The lowest BCUT2D eigenvalue weighted by atomic mass is 9.64. The van der Waals surface area contributed by atoms with Crippen molar-refractivity contribution in [1.29, 1.82) is 0 Å². The molecule has 0 aromatic rings. The van der Waals surface area contributed by atoms with Gasteiger partial charge in [0.15, 0.2) is 0 Å². The molecule has 154 valence electrons. The summed E-state index contributed by atoms with van der Waals surface area (Å²) in [6.07, 6.45) is 3.89. The topological polar surface area (TPSA) is 98.7 Å². The van der Waals surface area contributed by atoms with Gasteiger partial charge in [-0.3, -0.25) is 9.59 Å². The summed E-state index contributed by atoms with van der Waals surface area (Å²) in [5, 5.41) is 14.5. The summed E-state index contributed by atoms with van der Waals surface area (Å²) in [5.74, 6) is -0.356. The first-order valence-corrected chi connectivity index (χ1v) is 9.67. The van der Waals surface area contributed by atoms with E-state index in [0.717, 1.165) is 0 Å². The number of allylic oxidation sites excluding steroid dienone is 1. The number of hydrogen-bond donors (Lipinski definition) is 3. The summed E-state index contributed by atoms with van der Waals surface area (Å²) in [5.41, 5.74) is -1.45. The average Bonchev–Trinajstić information content (AvgIpc) is 2.50. The van der Waals surface area contributed by atoms with Gasteiger partial charge in [0.05, 0.1) is 0 Å². The summed E-state index contributed by atoms with van der Waals surface area (Å²) < 4.78 is 0. The largest absolute Gasteiger partial charge is 0.465 e. The molecule has 0 bridgehead atoms. The maximum absolute atomic E-state index is 13.4. The molecule has 3 N–H and O–H groups in total. The van der Waals surface area contributed by atoms with Crippen LogP contribution in [-0.4, -0.2) is 52.1 Å². The van der Waals surface area contributed by atoms with Gasteiger partial charge in [0, 0.05) is 25.0 Å². The van der Waals surface area contributed by atoms with Crippen LogP contribution in [0.1, 0.15) is 66.2 Å². The minimum atomic E-state index is -1.07. The third-order valence-corrected chi connectivity index (χ3v) is 5.19. The number of carbonyl (C=O) groups is 3. The highest BCUT2D eigenvalue weighted by atomic mass is 16.4. The Hall–Kier alpha value is -2.05. The molecule has 0 saturated heterocycles. The number of amides is 3. The average molecular weight is 382 g/mol. The van der Waals surface area contributed by atoms with Gasteiger partial charge >= 0.3 is 6.09 Å². The summed E-state index contributed by atoms with van der Waals surface area (Å²) >= 11 is 0. The van der Waals surface area contributed by atoms with Gasteiger partial charge in [-0.25, -0.2) is 4.79 Å². The van der Waals surface area contributed by atoms with Gasteiger partial charge in [-0.15, -0.1) is 6.58 Å². The van der Waals surface area contributed by atoms with E-state index < -0.39 is 17.2 Å². The molecule has 7 nitrogen and oxygen atoms in total. The monoisotopic (exact) mass is 381 g/mol. The minimum Gasteiger partial charge on any atom is -0.465 e. The van der Waals surface area contributed by atoms with Crippen molar-refractivity contribution in [3.8, 4) is 0 Å². The van der Waals surface area contributed by atoms with Gasteiger partial charge < -0.3 is 20.6 Å². The van der Waals surface area contributed by atoms with Crippen molar-refractivity contribution in [2.75, 3.05) is 7.05 Å². The number of carboxylic acid groups (broad SMARTS) is 1. The molecule has 27 heavy (non-hydrogen) atoms. The second kappa shape index (κ2) is 9.24. The van der Waals surface area contributed by atoms with E-state index in [1.165, 1.54) is 0 Å². The highest BCUT2D eigenvalue weighted by molar-refractivity contribution is 5.92. The van der Waals surface area contributed by atoms with Crippen LogP contribution in [-0.2, 0) is 9.59 Å². The van der Waals surface area contributed by atoms with E-state index in [4.69, 9.17) is 5.11 Å². The SMILES string of the molecule is C=CCCC(C(=O)NC(C)(C)C)(C1CC(NC(=O)O)C1)N(C)C(=O)CCC. The molecule has 0 aromatic carbocycles. The highest BCUT2D eigenvalue weighted by Gasteiger charge is 2.54. The zero-order chi connectivity index (χ0) is 20.8. The van der Waals surface area contributed by atoms with Crippen LogP contribution >= 0.6 is 0 Å². The Kier molecular flexibility index (Phi) is 7.87. The Bertz CT molecular complexity index is 564. The predicted molar refractivity (Wildman–Crippen MR) is 105 cm³/mol. The lowest BCUT2D eigenvalue weighted by molar-refractivity contribution is -0.155. The molecule has 1 rings (SSSR count). The van der Waals surface area contributed by atoms with Crippen LogP contribution in [0, 0.1) is 5.92 Å². The zero-order valence-electron chi connectivity index (χ0n) is 17.3. The van der Waals surface area contributed by atoms with Gasteiger partial charge in [-0.2, -0.15) is 0 Å². The molecular formula is C20H35N3O4. The molecule has 1 unspecified atom stereocenters. The molecule has 0 heterocycles. The minimum absolute atomic E-state index is 0.0692. The summed E-state index contributed by atoms with van der Waals surface area (Å²) in [4.78, 5) is 38.7. The maximum atomic E-state index is 13.4. The van der Waals surface area contributed by atoms with E-state index in [2.05, 4.69) is 17.2 Å². The molecule has 0 aromatic heterocycles. The smallest absolute Gasteiger partial charge is 0.404 e. The van der Waals surface area contributed by atoms with E-state index >= 15 is 0 Å². The van der Waals surface area contributed by atoms with E-state index in [0.29, 0.717) is 38.5 Å². The van der Waals surface area contributed by atoms with Crippen LogP contribution in [0.2, 0.25) is 0 Å².